The number of carbonyl (C=O) groups excluding carboxylic acids is 4. The van der Waals surface area contributed by atoms with E-state index < -0.39 is 5.91 Å². The lowest BCUT2D eigenvalue weighted by Gasteiger charge is -2.14. The summed E-state index contributed by atoms with van der Waals surface area (Å²) in [5.41, 5.74) is 2.47. The van der Waals surface area contributed by atoms with Crippen molar-refractivity contribution in [2.24, 2.45) is 5.10 Å². The van der Waals surface area contributed by atoms with Crippen molar-refractivity contribution in [2.45, 2.75) is 12.8 Å². The van der Waals surface area contributed by atoms with E-state index >= 15 is 0 Å². The third-order valence-electron chi connectivity index (χ3n) is 3.48. The van der Waals surface area contributed by atoms with Crippen molar-refractivity contribution < 1.29 is 19.2 Å². The fourth-order valence-corrected chi connectivity index (χ4v) is 3.80. The van der Waals surface area contributed by atoms with Crippen LogP contribution < -0.4 is 10.7 Å². The van der Waals surface area contributed by atoms with Crippen LogP contribution in [0.25, 0.3) is 6.08 Å². The summed E-state index contributed by atoms with van der Waals surface area (Å²) < 4.78 is 0. The van der Waals surface area contributed by atoms with Crippen molar-refractivity contribution in [1.29, 1.82) is 0 Å². The van der Waals surface area contributed by atoms with Crippen molar-refractivity contribution in [1.82, 2.24) is 15.6 Å². The summed E-state index contributed by atoms with van der Waals surface area (Å²) in [6.45, 7) is 0.202. The molecule has 8 nitrogen and oxygen atoms in total. The van der Waals surface area contributed by atoms with Crippen LogP contribution >= 0.6 is 23.1 Å². The number of hydrogen-bond acceptors (Lipinski definition) is 7. The van der Waals surface area contributed by atoms with Crippen LogP contribution in [-0.2, 0) is 14.4 Å². The van der Waals surface area contributed by atoms with E-state index in [9.17, 15) is 19.2 Å². The maximum atomic E-state index is 12.3. The van der Waals surface area contributed by atoms with Crippen LogP contribution in [0.1, 0.15) is 17.7 Å². The highest BCUT2D eigenvalue weighted by atomic mass is 32.2. The average Bonchev–Trinajstić information content (AvgIpc) is 3.19. The molecular weight excluding hydrogens is 364 g/mol. The number of thioether (sulfide) groups is 1. The Morgan fingerprint density at radius 3 is 2.88 bits per heavy atom. The molecule has 25 heavy (non-hydrogen) atoms. The second-order valence-electron chi connectivity index (χ2n) is 5.20. The molecule has 0 aliphatic carbocycles. The van der Waals surface area contributed by atoms with Gasteiger partial charge in [0.25, 0.3) is 17.1 Å². The smallest absolute Gasteiger partial charge is 0.293 e. The number of amides is 4. The fourth-order valence-electron chi connectivity index (χ4n) is 2.22. The van der Waals surface area contributed by atoms with Gasteiger partial charge in [0.2, 0.25) is 5.91 Å². The van der Waals surface area contributed by atoms with Gasteiger partial charge in [-0.1, -0.05) is 6.07 Å². The van der Waals surface area contributed by atoms with Crippen LogP contribution in [0.4, 0.5) is 4.79 Å². The van der Waals surface area contributed by atoms with E-state index in [1.54, 1.807) is 6.08 Å². The largest absolute Gasteiger partial charge is 0.349 e. The highest BCUT2D eigenvalue weighted by Gasteiger charge is 2.34. The summed E-state index contributed by atoms with van der Waals surface area (Å²) in [4.78, 5) is 49.6. The normalized spacial score (nSPS) is 19.2. The van der Waals surface area contributed by atoms with Gasteiger partial charge in [0.05, 0.1) is 4.91 Å². The molecule has 0 bridgehead atoms. The van der Waals surface area contributed by atoms with Gasteiger partial charge in [-0.15, -0.1) is 11.3 Å². The highest BCUT2D eigenvalue weighted by molar-refractivity contribution is 8.18. The fraction of sp³-hybridized carbons (Fsp3) is 0.267. The van der Waals surface area contributed by atoms with Gasteiger partial charge in [-0.2, -0.15) is 5.10 Å². The van der Waals surface area contributed by atoms with Gasteiger partial charge in [-0.05, 0) is 29.3 Å². The Morgan fingerprint density at radius 2 is 2.20 bits per heavy atom. The van der Waals surface area contributed by atoms with E-state index in [0.29, 0.717) is 4.91 Å². The van der Waals surface area contributed by atoms with Crippen molar-refractivity contribution in [3.63, 3.8) is 0 Å². The second-order valence-corrected chi connectivity index (χ2v) is 7.17. The number of imide groups is 1. The van der Waals surface area contributed by atoms with Gasteiger partial charge in [0.15, 0.2) is 0 Å². The summed E-state index contributed by atoms with van der Waals surface area (Å²) >= 11 is 2.37. The van der Waals surface area contributed by atoms with Crippen molar-refractivity contribution in [2.75, 3.05) is 13.1 Å². The molecule has 1 aromatic heterocycles. The molecule has 3 rings (SSSR count). The van der Waals surface area contributed by atoms with Crippen LogP contribution in [0.15, 0.2) is 27.5 Å². The molecule has 0 atom stereocenters. The molecule has 1 saturated heterocycles. The van der Waals surface area contributed by atoms with E-state index in [0.717, 1.165) is 21.5 Å². The van der Waals surface area contributed by atoms with Gasteiger partial charge < -0.3 is 5.32 Å². The average molecular weight is 378 g/mol. The molecule has 3 heterocycles. The highest BCUT2D eigenvalue weighted by Crippen LogP contribution is 2.32. The van der Waals surface area contributed by atoms with E-state index in [2.05, 4.69) is 15.8 Å². The summed E-state index contributed by atoms with van der Waals surface area (Å²) in [5.74, 6) is -1.01. The lowest BCUT2D eigenvalue weighted by Crippen LogP contribution is -2.41. The number of hydrogen-bond donors (Lipinski definition) is 2. The number of thiophene rings is 1. The molecule has 0 spiro atoms. The number of carbonyl (C=O) groups is 4. The molecule has 2 aliphatic heterocycles. The van der Waals surface area contributed by atoms with Gasteiger partial charge in [-0.25, -0.2) is 5.43 Å². The van der Waals surface area contributed by atoms with Crippen molar-refractivity contribution >= 4 is 57.8 Å². The molecule has 0 aromatic carbocycles. The number of nitrogens with zero attached hydrogens (tertiary/aromatic N) is 2. The minimum atomic E-state index is -0.416. The molecule has 130 valence electrons. The summed E-state index contributed by atoms with van der Waals surface area (Å²) in [7, 11) is 0. The predicted molar refractivity (Wildman–Crippen MR) is 94.8 cm³/mol. The van der Waals surface area contributed by atoms with Crippen LogP contribution in [0.5, 0.6) is 0 Å². The zero-order chi connectivity index (χ0) is 17.8. The van der Waals surface area contributed by atoms with Gasteiger partial charge >= 0.3 is 0 Å². The predicted octanol–water partition coefficient (Wildman–Crippen LogP) is 1.17. The molecule has 2 N–H and O–H groups in total. The molecule has 0 saturated carbocycles. The third kappa shape index (κ3) is 4.15. The maximum absolute atomic E-state index is 12.3. The van der Waals surface area contributed by atoms with E-state index in [1.807, 2.05) is 17.5 Å². The zero-order valence-electron chi connectivity index (χ0n) is 13.0. The first-order chi connectivity index (χ1) is 12.0. The quantitative estimate of drug-likeness (QED) is 0.748. The van der Waals surface area contributed by atoms with Crippen LogP contribution in [0.3, 0.4) is 0 Å². The minimum absolute atomic E-state index is 0.0812. The van der Waals surface area contributed by atoms with E-state index in [4.69, 9.17) is 0 Å². The lowest BCUT2D eigenvalue weighted by atomic mass is 10.1. The zero-order valence-corrected chi connectivity index (χ0v) is 14.6. The molecule has 0 unspecified atom stereocenters. The standard InChI is InChI=1S/C15H14N4O4S2/c20-12-4-3-10(17-18-12)13(21)16-5-6-19-14(22)11(25-15(19)23)8-9-2-1-7-24-9/h1-2,7-8H,3-6H2,(H,16,21)(H,18,20)/b11-8+. The lowest BCUT2D eigenvalue weighted by molar-refractivity contribution is -0.123. The third-order valence-corrected chi connectivity index (χ3v) is 5.20. The Bertz CT molecular complexity index is 785. The molecule has 2 aliphatic rings. The van der Waals surface area contributed by atoms with E-state index in [1.165, 1.54) is 11.3 Å². The monoisotopic (exact) mass is 378 g/mol. The molecular formula is C15H14N4O4S2. The molecule has 10 heteroatoms. The van der Waals surface area contributed by atoms with Crippen molar-refractivity contribution in [3.05, 3.63) is 27.3 Å². The van der Waals surface area contributed by atoms with Crippen molar-refractivity contribution in [3.8, 4) is 0 Å². The first-order valence-electron chi connectivity index (χ1n) is 7.47. The summed E-state index contributed by atoms with van der Waals surface area (Å²) in [6, 6.07) is 3.73. The van der Waals surface area contributed by atoms with Crippen LogP contribution in [0.2, 0.25) is 0 Å². The van der Waals surface area contributed by atoms with Crippen LogP contribution in [-0.4, -0.2) is 46.7 Å². The summed E-state index contributed by atoms with van der Waals surface area (Å²) in [6.07, 6.45) is 2.17. The number of rotatable bonds is 5. The first kappa shape index (κ1) is 17.4. The molecule has 4 amide bonds. The Balaban J connectivity index is 1.53. The maximum Gasteiger partial charge on any atom is 0.293 e. The van der Waals surface area contributed by atoms with Gasteiger partial charge in [0, 0.05) is 30.8 Å². The summed E-state index contributed by atoms with van der Waals surface area (Å²) in [5, 5.41) is 7.83. The van der Waals surface area contributed by atoms with Gasteiger partial charge in [0.1, 0.15) is 5.71 Å². The molecule has 0 radical (unpaired) electrons. The Hall–Kier alpha value is -2.46. The number of nitrogens with one attached hydrogen (secondary N) is 2. The minimum Gasteiger partial charge on any atom is -0.349 e. The second kappa shape index (κ2) is 7.62. The number of hydrazone groups is 1. The topological polar surface area (TPSA) is 108 Å². The van der Waals surface area contributed by atoms with Crippen LogP contribution in [0, 0.1) is 0 Å². The molecule has 1 fully saturated rings. The Morgan fingerprint density at radius 1 is 1.36 bits per heavy atom. The Labute approximate surface area is 151 Å². The van der Waals surface area contributed by atoms with E-state index in [-0.39, 0.29) is 48.7 Å². The van der Waals surface area contributed by atoms with Gasteiger partial charge in [-0.3, -0.25) is 24.1 Å². The Kier molecular flexibility index (Phi) is 5.29. The molecule has 1 aromatic rings. The first-order valence-corrected chi connectivity index (χ1v) is 9.16. The SMILES string of the molecule is O=C1CCC(C(=O)NCCN2C(=O)S/C(=C/c3cccs3)C2=O)=NN1.